The highest BCUT2D eigenvalue weighted by Gasteiger charge is 2.07. The van der Waals surface area contributed by atoms with Gasteiger partial charge in [-0.05, 0) is 48.0 Å². The third-order valence-electron chi connectivity index (χ3n) is 3.82. The van der Waals surface area contributed by atoms with E-state index in [1.54, 1.807) is 54.6 Å². The zero-order chi connectivity index (χ0) is 19.1. The van der Waals surface area contributed by atoms with Crippen LogP contribution in [0.3, 0.4) is 0 Å². The van der Waals surface area contributed by atoms with Gasteiger partial charge in [-0.3, -0.25) is 4.79 Å². The predicted molar refractivity (Wildman–Crippen MR) is 110 cm³/mol. The third-order valence-corrected chi connectivity index (χ3v) is 3.82. The Morgan fingerprint density at radius 1 is 0.704 bits per heavy atom. The summed E-state index contributed by atoms with van der Waals surface area (Å²) < 4.78 is 0. The van der Waals surface area contributed by atoms with E-state index in [0.717, 1.165) is 5.56 Å². The van der Waals surface area contributed by atoms with Gasteiger partial charge in [0, 0.05) is 22.6 Å². The molecular formula is C22H19N3O2. The maximum absolute atomic E-state index is 12.4. The summed E-state index contributed by atoms with van der Waals surface area (Å²) in [4.78, 5) is 24.4. The van der Waals surface area contributed by atoms with E-state index in [0.29, 0.717) is 22.6 Å². The van der Waals surface area contributed by atoms with Gasteiger partial charge >= 0.3 is 6.03 Å². The van der Waals surface area contributed by atoms with Crippen LogP contribution in [0.4, 0.5) is 21.9 Å². The SMILES string of the molecule is C=Cc1ccc(C(=O)Nc2cccc(NC(=O)Nc3ccccc3)c2)cc1. The van der Waals surface area contributed by atoms with Gasteiger partial charge in [0.15, 0.2) is 0 Å². The molecule has 0 atom stereocenters. The molecule has 3 aromatic rings. The minimum absolute atomic E-state index is 0.225. The van der Waals surface area contributed by atoms with Crippen molar-refractivity contribution in [3.05, 3.63) is 96.6 Å². The van der Waals surface area contributed by atoms with E-state index in [2.05, 4.69) is 22.5 Å². The van der Waals surface area contributed by atoms with E-state index in [9.17, 15) is 9.59 Å². The standard InChI is InChI=1S/C22H19N3O2/c1-2-16-11-13-17(14-12-16)21(26)23-19-9-6-10-20(15-19)25-22(27)24-18-7-4-3-5-8-18/h2-15H,1H2,(H,23,26)(H2,24,25,27). The lowest BCUT2D eigenvalue weighted by atomic mass is 10.1. The largest absolute Gasteiger partial charge is 0.323 e. The van der Waals surface area contributed by atoms with Gasteiger partial charge < -0.3 is 16.0 Å². The molecule has 5 nitrogen and oxygen atoms in total. The predicted octanol–water partition coefficient (Wildman–Crippen LogP) is 5.23. The Morgan fingerprint density at radius 3 is 1.96 bits per heavy atom. The van der Waals surface area contributed by atoms with Crippen molar-refractivity contribution in [3.63, 3.8) is 0 Å². The Hall–Kier alpha value is -3.86. The molecule has 0 spiro atoms. The fourth-order valence-electron chi connectivity index (χ4n) is 2.46. The fraction of sp³-hybridized carbons (Fsp3) is 0. The van der Waals surface area contributed by atoms with Crippen LogP contribution in [0.5, 0.6) is 0 Å². The Kier molecular flexibility index (Phi) is 5.64. The normalized spacial score (nSPS) is 9.93. The summed E-state index contributed by atoms with van der Waals surface area (Å²) in [7, 11) is 0. The van der Waals surface area contributed by atoms with E-state index in [1.165, 1.54) is 0 Å². The summed E-state index contributed by atoms with van der Waals surface area (Å²) in [5.74, 6) is -0.225. The molecule has 0 bridgehead atoms. The zero-order valence-electron chi connectivity index (χ0n) is 14.6. The first-order valence-corrected chi connectivity index (χ1v) is 8.41. The van der Waals surface area contributed by atoms with Gasteiger partial charge in [0.2, 0.25) is 0 Å². The molecule has 0 saturated heterocycles. The van der Waals surface area contributed by atoms with Gasteiger partial charge in [-0.1, -0.05) is 49.1 Å². The van der Waals surface area contributed by atoms with Crippen molar-refractivity contribution >= 4 is 35.1 Å². The molecule has 0 aliphatic rings. The average Bonchev–Trinajstić information content (AvgIpc) is 2.69. The van der Waals surface area contributed by atoms with Crippen LogP contribution in [-0.2, 0) is 0 Å². The number of amides is 3. The molecule has 3 rings (SSSR count). The van der Waals surface area contributed by atoms with Gasteiger partial charge in [0.05, 0.1) is 0 Å². The van der Waals surface area contributed by atoms with Gasteiger partial charge in [-0.15, -0.1) is 0 Å². The van der Waals surface area contributed by atoms with Crippen molar-refractivity contribution in [3.8, 4) is 0 Å². The molecule has 27 heavy (non-hydrogen) atoms. The van der Waals surface area contributed by atoms with E-state index in [4.69, 9.17) is 0 Å². The molecule has 0 fully saturated rings. The molecular weight excluding hydrogens is 338 g/mol. The van der Waals surface area contributed by atoms with Crippen LogP contribution in [0.1, 0.15) is 15.9 Å². The van der Waals surface area contributed by atoms with E-state index >= 15 is 0 Å². The number of nitrogens with one attached hydrogen (secondary N) is 3. The third kappa shape index (κ3) is 5.06. The summed E-state index contributed by atoms with van der Waals surface area (Å²) in [5.41, 5.74) is 3.35. The number of hydrogen-bond donors (Lipinski definition) is 3. The summed E-state index contributed by atoms with van der Waals surface area (Å²) in [6, 6.07) is 22.9. The minimum Gasteiger partial charge on any atom is -0.322 e. The first-order chi connectivity index (χ1) is 13.1. The molecule has 0 aliphatic carbocycles. The first kappa shape index (κ1) is 17.9. The average molecular weight is 357 g/mol. The number of hydrogen-bond acceptors (Lipinski definition) is 2. The second kappa shape index (κ2) is 8.49. The Labute approximate surface area is 157 Å². The van der Waals surface area contributed by atoms with Crippen molar-refractivity contribution in [1.29, 1.82) is 0 Å². The fourth-order valence-corrected chi connectivity index (χ4v) is 2.46. The zero-order valence-corrected chi connectivity index (χ0v) is 14.6. The molecule has 0 radical (unpaired) electrons. The molecule has 134 valence electrons. The summed E-state index contributed by atoms with van der Waals surface area (Å²) in [6.07, 6.45) is 1.72. The number of anilines is 3. The van der Waals surface area contributed by atoms with Crippen LogP contribution in [0, 0.1) is 0 Å². The molecule has 3 amide bonds. The van der Waals surface area contributed by atoms with Gasteiger partial charge in [0.1, 0.15) is 0 Å². The number of benzene rings is 3. The Morgan fingerprint density at radius 2 is 1.30 bits per heavy atom. The van der Waals surface area contributed by atoms with Crippen LogP contribution in [0.15, 0.2) is 85.4 Å². The summed E-state index contributed by atoms with van der Waals surface area (Å²) in [5, 5.41) is 8.31. The number of rotatable bonds is 5. The number of urea groups is 1. The van der Waals surface area contributed by atoms with Crippen molar-refractivity contribution in [2.75, 3.05) is 16.0 Å². The lowest BCUT2D eigenvalue weighted by Gasteiger charge is -2.10. The van der Waals surface area contributed by atoms with Crippen LogP contribution in [0.2, 0.25) is 0 Å². The summed E-state index contributed by atoms with van der Waals surface area (Å²) >= 11 is 0. The van der Waals surface area contributed by atoms with Crippen molar-refractivity contribution < 1.29 is 9.59 Å². The van der Waals surface area contributed by atoms with Crippen molar-refractivity contribution in [1.82, 2.24) is 0 Å². The molecule has 0 aliphatic heterocycles. The van der Waals surface area contributed by atoms with Gasteiger partial charge in [-0.2, -0.15) is 0 Å². The van der Waals surface area contributed by atoms with Crippen LogP contribution >= 0.6 is 0 Å². The van der Waals surface area contributed by atoms with Crippen LogP contribution in [0.25, 0.3) is 6.08 Å². The minimum atomic E-state index is -0.357. The Balaban J connectivity index is 1.63. The van der Waals surface area contributed by atoms with Crippen LogP contribution in [-0.4, -0.2) is 11.9 Å². The second-order valence-corrected chi connectivity index (χ2v) is 5.81. The maximum atomic E-state index is 12.4. The molecule has 5 heteroatoms. The molecule has 0 saturated carbocycles. The lowest BCUT2D eigenvalue weighted by Crippen LogP contribution is -2.19. The van der Waals surface area contributed by atoms with Crippen molar-refractivity contribution in [2.45, 2.75) is 0 Å². The van der Waals surface area contributed by atoms with Crippen molar-refractivity contribution in [2.24, 2.45) is 0 Å². The molecule has 3 N–H and O–H groups in total. The Bertz CT molecular complexity index is 951. The highest BCUT2D eigenvalue weighted by atomic mass is 16.2. The number of carbonyl (C=O) groups excluding carboxylic acids is 2. The van der Waals surface area contributed by atoms with E-state index in [-0.39, 0.29) is 11.9 Å². The molecule has 0 heterocycles. The van der Waals surface area contributed by atoms with Gasteiger partial charge in [-0.25, -0.2) is 4.79 Å². The second-order valence-electron chi connectivity index (χ2n) is 5.81. The molecule has 3 aromatic carbocycles. The van der Waals surface area contributed by atoms with E-state index in [1.807, 2.05) is 30.3 Å². The lowest BCUT2D eigenvalue weighted by molar-refractivity contribution is 0.102. The number of para-hydroxylation sites is 1. The first-order valence-electron chi connectivity index (χ1n) is 8.41. The molecule has 0 unspecified atom stereocenters. The molecule has 0 aromatic heterocycles. The highest BCUT2D eigenvalue weighted by Crippen LogP contribution is 2.17. The maximum Gasteiger partial charge on any atom is 0.323 e. The quantitative estimate of drug-likeness (QED) is 0.585. The topological polar surface area (TPSA) is 70.2 Å². The van der Waals surface area contributed by atoms with Crippen LogP contribution < -0.4 is 16.0 Å². The monoisotopic (exact) mass is 357 g/mol. The summed E-state index contributed by atoms with van der Waals surface area (Å²) in [6.45, 7) is 3.69. The smallest absolute Gasteiger partial charge is 0.322 e. The number of carbonyl (C=O) groups is 2. The van der Waals surface area contributed by atoms with Gasteiger partial charge in [0.25, 0.3) is 5.91 Å². The highest BCUT2D eigenvalue weighted by molar-refractivity contribution is 6.05. The van der Waals surface area contributed by atoms with E-state index < -0.39 is 0 Å².